The van der Waals surface area contributed by atoms with Gasteiger partial charge in [0.25, 0.3) is 0 Å². The third kappa shape index (κ3) is 5.33. The lowest BCUT2D eigenvalue weighted by Gasteiger charge is -2.34. The van der Waals surface area contributed by atoms with E-state index in [1.807, 2.05) is 0 Å². The summed E-state index contributed by atoms with van der Waals surface area (Å²) in [5.74, 6) is -1.26. The molecule has 0 radical (unpaired) electrons. The number of nitrogens with zero attached hydrogens (tertiary/aromatic N) is 1. The van der Waals surface area contributed by atoms with Gasteiger partial charge in [-0.25, -0.2) is 4.79 Å². The summed E-state index contributed by atoms with van der Waals surface area (Å²) >= 11 is 0. The van der Waals surface area contributed by atoms with Crippen LogP contribution in [-0.4, -0.2) is 54.0 Å². The normalized spacial score (nSPS) is 25.0. The van der Waals surface area contributed by atoms with E-state index in [0.29, 0.717) is 0 Å². The van der Waals surface area contributed by atoms with Crippen molar-refractivity contribution in [1.29, 1.82) is 0 Å². The van der Waals surface area contributed by atoms with Crippen molar-refractivity contribution < 1.29 is 23.8 Å². The first-order valence-corrected chi connectivity index (χ1v) is 8.48. The summed E-state index contributed by atoms with van der Waals surface area (Å²) in [7, 11) is 0. The van der Waals surface area contributed by atoms with E-state index in [0.717, 1.165) is 0 Å². The molecule has 1 amide bonds. The van der Waals surface area contributed by atoms with E-state index in [1.54, 1.807) is 32.9 Å². The maximum Gasteiger partial charge on any atom is 0.410 e. The number of hydrogen-bond acceptors (Lipinski definition) is 5. The lowest BCUT2D eigenvalue weighted by molar-refractivity contribution is -0.149. The Kier molecular flexibility index (Phi) is 7.83. The van der Waals surface area contributed by atoms with Crippen LogP contribution in [0, 0.1) is 5.92 Å². The van der Waals surface area contributed by atoms with E-state index in [-0.39, 0.29) is 13.2 Å². The third-order valence-corrected chi connectivity index (χ3v) is 3.77. The monoisotopic (exact) mass is 363 g/mol. The van der Waals surface area contributed by atoms with Crippen molar-refractivity contribution in [3.63, 3.8) is 0 Å². The Morgan fingerprint density at radius 2 is 1.69 bits per heavy atom. The van der Waals surface area contributed by atoms with Gasteiger partial charge >= 0.3 is 12.1 Å². The first kappa shape index (κ1) is 21.7. The molecule has 144 valence electrons. The average molecular weight is 363 g/mol. The second kappa shape index (κ2) is 9.38. The highest BCUT2D eigenvalue weighted by atomic mass is 16.6. The summed E-state index contributed by atoms with van der Waals surface area (Å²) in [4.78, 5) is 26.8. The number of hydrogen-bond donors (Lipinski definition) is 0. The van der Waals surface area contributed by atoms with Crippen molar-refractivity contribution in [3.05, 3.63) is 50.6 Å². The molecule has 1 aliphatic heterocycles. The van der Waals surface area contributed by atoms with Gasteiger partial charge in [0.1, 0.15) is 18.1 Å². The van der Waals surface area contributed by atoms with Gasteiger partial charge < -0.3 is 14.2 Å². The van der Waals surface area contributed by atoms with Gasteiger partial charge in [0.05, 0.1) is 18.2 Å². The van der Waals surface area contributed by atoms with Gasteiger partial charge in [-0.1, -0.05) is 30.9 Å². The number of carbonyl (C=O) groups is 2. The third-order valence-electron chi connectivity index (χ3n) is 3.77. The fourth-order valence-corrected chi connectivity index (χ4v) is 2.80. The zero-order chi connectivity index (χ0) is 19.9. The lowest BCUT2D eigenvalue weighted by Crippen LogP contribution is -2.51. The number of ether oxygens (including phenoxy) is 3. The second-order valence-electron chi connectivity index (χ2n) is 6.89. The maximum absolute atomic E-state index is 12.7. The standard InChI is InChI=1S/C20H29NO5/c1-8-12-21(19(23)26-20(5,6)7)17-15(11-4)25-14(10-3)16(17)18(22)24-13-9-2/h8-11,14-17H,1-4,12-13H2,5-7H3/t14-,15+,16+,17+/m0/s1. The molecule has 1 saturated heterocycles. The smallest absolute Gasteiger partial charge is 0.410 e. The van der Waals surface area contributed by atoms with Crippen LogP contribution in [0.5, 0.6) is 0 Å². The first-order chi connectivity index (χ1) is 12.2. The molecule has 1 fully saturated rings. The summed E-state index contributed by atoms with van der Waals surface area (Å²) in [6.07, 6.45) is 4.37. The molecule has 0 N–H and O–H groups in total. The van der Waals surface area contributed by atoms with Crippen LogP contribution in [0.3, 0.4) is 0 Å². The van der Waals surface area contributed by atoms with E-state index in [2.05, 4.69) is 26.3 Å². The number of rotatable bonds is 8. The molecule has 1 heterocycles. The van der Waals surface area contributed by atoms with Crippen LogP contribution < -0.4 is 0 Å². The molecule has 1 rings (SSSR count). The van der Waals surface area contributed by atoms with Crippen LogP contribution >= 0.6 is 0 Å². The molecular formula is C20H29NO5. The Bertz CT molecular complexity index is 563. The SMILES string of the molecule is C=CCOC(=O)[C@H]1[C@H](N(CC=C)C(=O)OC(C)(C)C)[C@@H](C=C)O[C@H]1C=C. The van der Waals surface area contributed by atoms with Gasteiger partial charge in [-0.05, 0) is 20.8 Å². The molecule has 0 aromatic rings. The van der Waals surface area contributed by atoms with E-state index in [4.69, 9.17) is 14.2 Å². The molecule has 4 atom stereocenters. The zero-order valence-electron chi connectivity index (χ0n) is 15.8. The van der Waals surface area contributed by atoms with Crippen molar-refractivity contribution >= 4 is 12.1 Å². The summed E-state index contributed by atoms with van der Waals surface area (Å²) in [5, 5.41) is 0. The zero-order valence-corrected chi connectivity index (χ0v) is 15.8. The fraction of sp³-hybridized carbons (Fsp3) is 0.500. The Labute approximate surface area is 155 Å². The Morgan fingerprint density at radius 3 is 2.15 bits per heavy atom. The van der Waals surface area contributed by atoms with Gasteiger partial charge in [-0.15, -0.1) is 19.7 Å². The predicted molar refractivity (Wildman–Crippen MR) is 101 cm³/mol. The minimum Gasteiger partial charge on any atom is -0.461 e. The molecule has 0 aromatic carbocycles. The van der Waals surface area contributed by atoms with Crippen LogP contribution in [0.2, 0.25) is 0 Å². The highest BCUT2D eigenvalue weighted by Crippen LogP contribution is 2.34. The summed E-state index contributed by atoms with van der Waals surface area (Å²) < 4.78 is 16.6. The minimum atomic E-state index is -0.761. The average Bonchev–Trinajstić information content (AvgIpc) is 2.94. The quantitative estimate of drug-likeness (QED) is 0.489. The lowest BCUT2D eigenvalue weighted by atomic mass is 9.92. The van der Waals surface area contributed by atoms with Crippen LogP contribution in [0.25, 0.3) is 0 Å². The van der Waals surface area contributed by atoms with Crippen molar-refractivity contribution in [2.24, 2.45) is 5.92 Å². The van der Waals surface area contributed by atoms with Crippen molar-refractivity contribution in [3.8, 4) is 0 Å². The first-order valence-electron chi connectivity index (χ1n) is 8.48. The van der Waals surface area contributed by atoms with Crippen molar-refractivity contribution in [1.82, 2.24) is 4.90 Å². The molecule has 0 unspecified atom stereocenters. The van der Waals surface area contributed by atoms with Gasteiger partial charge in [0.15, 0.2) is 0 Å². The van der Waals surface area contributed by atoms with E-state index in [1.165, 1.54) is 17.1 Å². The molecule has 1 aliphatic rings. The number of amides is 1. The van der Waals surface area contributed by atoms with E-state index >= 15 is 0 Å². The van der Waals surface area contributed by atoms with Crippen LogP contribution in [0.4, 0.5) is 4.79 Å². The van der Waals surface area contributed by atoms with Gasteiger partial charge in [0, 0.05) is 6.54 Å². The molecule has 0 aromatic heterocycles. The largest absolute Gasteiger partial charge is 0.461 e. The highest BCUT2D eigenvalue weighted by molar-refractivity contribution is 5.77. The Balaban J connectivity index is 3.25. The summed E-state index contributed by atoms with van der Waals surface area (Å²) in [5.41, 5.74) is -0.684. The Hall–Kier alpha value is -2.34. The molecule has 0 saturated carbocycles. The van der Waals surface area contributed by atoms with Gasteiger partial charge in [-0.3, -0.25) is 9.69 Å². The predicted octanol–water partition coefficient (Wildman–Crippen LogP) is 3.26. The van der Waals surface area contributed by atoms with Crippen LogP contribution in [-0.2, 0) is 19.0 Å². The van der Waals surface area contributed by atoms with Crippen LogP contribution in [0.1, 0.15) is 20.8 Å². The van der Waals surface area contributed by atoms with Gasteiger partial charge in [0.2, 0.25) is 0 Å². The number of carbonyl (C=O) groups excluding carboxylic acids is 2. The van der Waals surface area contributed by atoms with Crippen molar-refractivity contribution in [2.75, 3.05) is 13.2 Å². The molecule has 0 spiro atoms. The van der Waals surface area contributed by atoms with Crippen LogP contribution in [0.15, 0.2) is 50.6 Å². The van der Waals surface area contributed by atoms with E-state index in [9.17, 15) is 9.59 Å². The summed E-state index contributed by atoms with van der Waals surface area (Å²) in [6, 6.07) is -0.652. The molecular weight excluding hydrogens is 334 g/mol. The Morgan fingerprint density at radius 1 is 1.08 bits per heavy atom. The molecule has 26 heavy (non-hydrogen) atoms. The molecule has 6 heteroatoms. The van der Waals surface area contributed by atoms with Crippen molar-refractivity contribution in [2.45, 2.75) is 44.6 Å². The van der Waals surface area contributed by atoms with E-state index < -0.39 is 41.8 Å². The fourth-order valence-electron chi connectivity index (χ4n) is 2.80. The summed E-state index contributed by atoms with van der Waals surface area (Å²) in [6.45, 7) is 20.3. The maximum atomic E-state index is 12.7. The highest BCUT2D eigenvalue weighted by Gasteiger charge is 2.51. The minimum absolute atomic E-state index is 0.0680. The molecule has 0 bridgehead atoms. The topological polar surface area (TPSA) is 65.1 Å². The molecule has 6 nitrogen and oxygen atoms in total. The second-order valence-corrected chi connectivity index (χ2v) is 6.89. The van der Waals surface area contributed by atoms with Gasteiger partial charge in [-0.2, -0.15) is 0 Å². The molecule has 0 aliphatic carbocycles. The number of esters is 1.